The fraction of sp³-hybridized carbons (Fsp3) is 0.0833. The lowest BCUT2D eigenvalue weighted by Crippen LogP contribution is -2.32. The van der Waals surface area contributed by atoms with E-state index >= 15 is 0 Å². The number of aromatic nitrogens is 2. The van der Waals surface area contributed by atoms with E-state index in [4.69, 9.17) is 11.6 Å². The first kappa shape index (κ1) is 20.5. The molecule has 3 aromatic carbocycles. The zero-order valence-electron chi connectivity index (χ0n) is 16.7. The Morgan fingerprint density at radius 3 is 2.32 bits per heavy atom. The summed E-state index contributed by atoms with van der Waals surface area (Å²) in [6.45, 7) is 1.55. The zero-order chi connectivity index (χ0) is 21.8. The van der Waals surface area contributed by atoms with E-state index in [1.807, 2.05) is 54.6 Å². The number of amides is 1. The second-order valence-corrected chi connectivity index (χ2v) is 7.40. The van der Waals surface area contributed by atoms with Crippen molar-refractivity contribution < 1.29 is 4.79 Å². The molecular formula is C24H19ClN4O2. The molecule has 154 valence electrons. The summed E-state index contributed by atoms with van der Waals surface area (Å²) in [5.41, 5.74) is 5.12. The van der Waals surface area contributed by atoms with Crippen LogP contribution < -0.4 is 11.0 Å². The number of hydrogen-bond donors (Lipinski definition) is 1. The van der Waals surface area contributed by atoms with E-state index in [0.717, 1.165) is 15.8 Å². The Kier molecular flexibility index (Phi) is 5.91. The van der Waals surface area contributed by atoms with Gasteiger partial charge in [-0.15, -0.1) is 0 Å². The van der Waals surface area contributed by atoms with Crippen molar-refractivity contribution in [3.05, 3.63) is 99.8 Å². The number of hydrogen-bond acceptors (Lipinski definition) is 4. The molecular weight excluding hydrogens is 412 g/mol. The van der Waals surface area contributed by atoms with Crippen molar-refractivity contribution in [3.63, 3.8) is 0 Å². The maximum Gasteiger partial charge on any atom is 0.275 e. The lowest BCUT2D eigenvalue weighted by atomic mass is 10.1. The standard InChI is InChI=1S/C24H19ClN4O2/c1-16(17-7-3-2-4-8-17)26-27-22(30)15-29-24(31)21-10-6-5-9-20(21)23(28-29)18-11-13-19(25)14-12-18/h2-14H,15H2,1H3,(H,27,30)/b26-16+. The molecule has 4 aromatic rings. The minimum absolute atomic E-state index is 0.254. The van der Waals surface area contributed by atoms with Crippen molar-refractivity contribution in [3.8, 4) is 11.3 Å². The number of hydrazone groups is 1. The molecule has 0 spiro atoms. The summed E-state index contributed by atoms with van der Waals surface area (Å²) < 4.78 is 1.16. The second kappa shape index (κ2) is 8.93. The van der Waals surface area contributed by atoms with Crippen LogP contribution in [0.4, 0.5) is 0 Å². The number of fused-ring (bicyclic) bond motifs is 1. The van der Waals surface area contributed by atoms with Gasteiger partial charge in [0.25, 0.3) is 11.5 Å². The molecule has 0 aliphatic carbocycles. The van der Waals surface area contributed by atoms with Crippen LogP contribution >= 0.6 is 11.6 Å². The Hall–Kier alpha value is -3.77. The fourth-order valence-corrected chi connectivity index (χ4v) is 3.35. The molecule has 7 heteroatoms. The van der Waals surface area contributed by atoms with E-state index in [2.05, 4.69) is 15.6 Å². The predicted octanol–water partition coefficient (Wildman–Crippen LogP) is 4.26. The van der Waals surface area contributed by atoms with Crippen molar-refractivity contribution in [2.24, 2.45) is 5.10 Å². The van der Waals surface area contributed by atoms with Crippen molar-refractivity contribution >= 4 is 34.0 Å². The van der Waals surface area contributed by atoms with Crippen LogP contribution in [0.25, 0.3) is 22.0 Å². The monoisotopic (exact) mass is 430 g/mol. The highest BCUT2D eigenvalue weighted by Gasteiger charge is 2.14. The second-order valence-electron chi connectivity index (χ2n) is 6.96. The lowest BCUT2D eigenvalue weighted by molar-refractivity contribution is -0.121. The number of rotatable bonds is 5. The van der Waals surface area contributed by atoms with Crippen LogP contribution in [-0.2, 0) is 11.3 Å². The number of carbonyl (C=O) groups excluding carboxylic acids is 1. The predicted molar refractivity (Wildman–Crippen MR) is 123 cm³/mol. The van der Waals surface area contributed by atoms with Gasteiger partial charge < -0.3 is 0 Å². The first-order chi connectivity index (χ1) is 15.0. The number of nitrogens with one attached hydrogen (secondary N) is 1. The van der Waals surface area contributed by atoms with Gasteiger partial charge in [-0.3, -0.25) is 9.59 Å². The van der Waals surface area contributed by atoms with E-state index in [-0.39, 0.29) is 12.1 Å². The Morgan fingerprint density at radius 2 is 1.61 bits per heavy atom. The van der Waals surface area contributed by atoms with Gasteiger partial charge in [-0.1, -0.05) is 72.3 Å². The van der Waals surface area contributed by atoms with Gasteiger partial charge in [-0.2, -0.15) is 10.2 Å². The average molecular weight is 431 g/mol. The van der Waals surface area contributed by atoms with E-state index in [9.17, 15) is 9.59 Å². The Balaban J connectivity index is 1.66. The van der Waals surface area contributed by atoms with Gasteiger partial charge in [0.1, 0.15) is 6.54 Å². The van der Waals surface area contributed by atoms with Crippen LogP contribution in [0.2, 0.25) is 5.02 Å². The molecule has 1 heterocycles. The highest BCUT2D eigenvalue weighted by molar-refractivity contribution is 6.30. The summed E-state index contributed by atoms with van der Waals surface area (Å²) >= 11 is 6.01. The molecule has 0 radical (unpaired) electrons. The molecule has 0 saturated heterocycles. The molecule has 0 aliphatic rings. The number of carbonyl (C=O) groups is 1. The highest BCUT2D eigenvalue weighted by atomic mass is 35.5. The summed E-state index contributed by atoms with van der Waals surface area (Å²) in [4.78, 5) is 25.4. The smallest absolute Gasteiger partial charge is 0.271 e. The summed E-state index contributed by atoms with van der Waals surface area (Å²) in [5.74, 6) is -0.442. The molecule has 1 amide bonds. The largest absolute Gasteiger partial charge is 0.275 e. The van der Waals surface area contributed by atoms with Crippen LogP contribution in [0.3, 0.4) is 0 Å². The van der Waals surface area contributed by atoms with Crippen LogP contribution in [0.15, 0.2) is 88.8 Å². The maximum absolute atomic E-state index is 12.9. The lowest BCUT2D eigenvalue weighted by Gasteiger charge is -2.11. The molecule has 0 bridgehead atoms. The van der Waals surface area contributed by atoms with Crippen molar-refractivity contribution in [1.82, 2.24) is 15.2 Å². The van der Waals surface area contributed by atoms with Gasteiger partial charge in [0, 0.05) is 16.0 Å². The molecule has 0 fully saturated rings. The fourth-order valence-electron chi connectivity index (χ4n) is 3.22. The zero-order valence-corrected chi connectivity index (χ0v) is 17.5. The molecule has 1 N–H and O–H groups in total. The average Bonchev–Trinajstić information content (AvgIpc) is 2.80. The molecule has 0 saturated carbocycles. The van der Waals surface area contributed by atoms with Crippen molar-refractivity contribution in [2.45, 2.75) is 13.5 Å². The minimum Gasteiger partial charge on any atom is -0.271 e. The van der Waals surface area contributed by atoms with Crippen LogP contribution in [0, 0.1) is 0 Å². The first-order valence-corrected chi connectivity index (χ1v) is 10.0. The van der Waals surface area contributed by atoms with Gasteiger partial charge in [0.2, 0.25) is 0 Å². The molecule has 31 heavy (non-hydrogen) atoms. The van der Waals surface area contributed by atoms with E-state index in [0.29, 0.717) is 27.2 Å². The third-order valence-electron chi connectivity index (χ3n) is 4.82. The van der Waals surface area contributed by atoms with E-state index in [1.54, 1.807) is 31.2 Å². The summed E-state index contributed by atoms with van der Waals surface area (Å²) in [6, 6.07) is 23.9. The van der Waals surface area contributed by atoms with Gasteiger partial charge in [-0.25, -0.2) is 10.1 Å². The van der Waals surface area contributed by atoms with E-state index in [1.165, 1.54) is 0 Å². The molecule has 6 nitrogen and oxygen atoms in total. The topological polar surface area (TPSA) is 76.3 Å². The normalized spacial score (nSPS) is 11.5. The molecule has 0 aliphatic heterocycles. The summed E-state index contributed by atoms with van der Waals surface area (Å²) in [6.07, 6.45) is 0. The van der Waals surface area contributed by atoms with Crippen molar-refractivity contribution in [1.29, 1.82) is 0 Å². The van der Waals surface area contributed by atoms with Gasteiger partial charge >= 0.3 is 0 Å². The number of nitrogens with zero attached hydrogens (tertiary/aromatic N) is 3. The van der Waals surface area contributed by atoms with Crippen molar-refractivity contribution in [2.75, 3.05) is 0 Å². The molecule has 1 aromatic heterocycles. The highest BCUT2D eigenvalue weighted by Crippen LogP contribution is 2.25. The maximum atomic E-state index is 12.9. The summed E-state index contributed by atoms with van der Waals surface area (Å²) in [7, 11) is 0. The molecule has 0 atom stereocenters. The number of benzene rings is 3. The third-order valence-corrected chi connectivity index (χ3v) is 5.07. The van der Waals surface area contributed by atoms with Gasteiger partial charge in [0.05, 0.1) is 16.8 Å². The van der Waals surface area contributed by atoms with Crippen LogP contribution in [-0.4, -0.2) is 21.4 Å². The minimum atomic E-state index is -0.442. The van der Waals surface area contributed by atoms with Crippen LogP contribution in [0.5, 0.6) is 0 Å². The van der Waals surface area contributed by atoms with E-state index < -0.39 is 5.91 Å². The number of halogens is 1. The van der Waals surface area contributed by atoms with Gasteiger partial charge in [0.15, 0.2) is 0 Å². The Labute approximate surface area is 183 Å². The molecule has 4 rings (SSSR count). The quantitative estimate of drug-likeness (QED) is 0.379. The Bertz CT molecular complexity index is 1330. The Morgan fingerprint density at radius 1 is 0.968 bits per heavy atom. The molecule has 0 unspecified atom stereocenters. The summed E-state index contributed by atoms with van der Waals surface area (Å²) in [5, 5.41) is 10.4. The first-order valence-electron chi connectivity index (χ1n) is 9.67. The SMILES string of the molecule is C/C(=N\NC(=O)Cn1nc(-c2ccc(Cl)cc2)c2ccccc2c1=O)c1ccccc1. The van der Waals surface area contributed by atoms with Gasteiger partial charge in [-0.05, 0) is 30.7 Å². The van der Waals surface area contributed by atoms with Crippen LogP contribution in [0.1, 0.15) is 12.5 Å². The third kappa shape index (κ3) is 4.54.